The van der Waals surface area contributed by atoms with E-state index >= 15 is 0 Å². The Bertz CT molecular complexity index is 732. The number of nitrogens with zero attached hydrogens (tertiary/aromatic N) is 3. The first-order valence-corrected chi connectivity index (χ1v) is 6.61. The molecule has 1 N–H and O–H groups in total. The highest BCUT2D eigenvalue weighted by molar-refractivity contribution is 5.77. The van der Waals surface area contributed by atoms with Crippen LogP contribution in [0.15, 0.2) is 27.0 Å². The predicted octanol–water partition coefficient (Wildman–Crippen LogP) is 3.25. The van der Waals surface area contributed by atoms with Crippen molar-refractivity contribution in [2.45, 2.75) is 33.2 Å². The van der Waals surface area contributed by atoms with E-state index in [9.17, 15) is 0 Å². The molecule has 20 heavy (non-hydrogen) atoms. The van der Waals surface area contributed by atoms with Crippen molar-refractivity contribution in [3.63, 3.8) is 0 Å². The number of nitrogens with one attached hydrogen (secondary N) is 1. The van der Waals surface area contributed by atoms with Gasteiger partial charge in [0.1, 0.15) is 11.6 Å². The minimum absolute atomic E-state index is 0.0618. The summed E-state index contributed by atoms with van der Waals surface area (Å²) in [5.74, 6) is 1.89. The van der Waals surface area contributed by atoms with Gasteiger partial charge in [-0.05, 0) is 25.1 Å². The van der Waals surface area contributed by atoms with Crippen molar-refractivity contribution in [1.82, 2.24) is 15.2 Å². The van der Waals surface area contributed by atoms with Gasteiger partial charge in [-0.3, -0.25) is 0 Å². The predicted molar refractivity (Wildman–Crippen MR) is 74.5 cm³/mol. The lowest BCUT2D eigenvalue weighted by Crippen LogP contribution is -2.06. The topological polar surface area (TPSA) is 77.0 Å². The van der Waals surface area contributed by atoms with Crippen molar-refractivity contribution in [2.24, 2.45) is 0 Å². The second-order valence-electron chi connectivity index (χ2n) is 4.67. The molecular weight excluding hydrogens is 256 g/mol. The molecule has 0 aliphatic carbocycles. The van der Waals surface area contributed by atoms with E-state index < -0.39 is 0 Å². The number of aryl methyl sites for hydroxylation is 2. The number of rotatable bonds is 4. The van der Waals surface area contributed by atoms with Crippen LogP contribution in [-0.4, -0.2) is 15.2 Å². The second-order valence-corrected chi connectivity index (χ2v) is 4.67. The molecule has 0 aliphatic rings. The largest absolute Gasteiger partial charge is 0.441 e. The first-order chi connectivity index (χ1) is 9.65. The molecule has 0 radical (unpaired) electrons. The Morgan fingerprint density at radius 1 is 1.25 bits per heavy atom. The van der Waals surface area contributed by atoms with E-state index in [2.05, 4.69) is 20.5 Å². The van der Waals surface area contributed by atoms with Crippen LogP contribution in [0.3, 0.4) is 0 Å². The minimum Gasteiger partial charge on any atom is -0.441 e. The summed E-state index contributed by atoms with van der Waals surface area (Å²) in [7, 11) is 0. The summed E-state index contributed by atoms with van der Waals surface area (Å²) in [6, 6.07) is 5.73. The molecule has 3 aromatic rings. The van der Waals surface area contributed by atoms with E-state index in [1.165, 1.54) is 0 Å². The molecule has 0 amide bonds. The van der Waals surface area contributed by atoms with Gasteiger partial charge in [0.25, 0.3) is 0 Å². The monoisotopic (exact) mass is 272 g/mol. The number of fused-ring (bicyclic) bond motifs is 1. The summed E-state index contributed by atoms with van der Waals surface area (Å²) in [6.45, 7) is 5.79. The quantitative estimate of drug-likeness (QED) is 0.785. The SMILES string of the molecule is CCc1nnc([C@H](C)Nc2ccc3oc(C)nc3c2)o1. The van der Waals surface area contributed by atoms with Gasteiger partial charge in [0.2, 0.25) is 11.8 Å². The maximum Gasteiger partial charge on any atom is 0.238 e. The van der Waals surface area contributed by atoms with Crippen LogP contribution in [0.4, 0.5) is 5.69 Å². The van der Waals surface area contributed by atoms with Gasteiger partial charge in [-0.25, -0.2) is 4.98 Å². The first kappa shape index (κ1) is 12.7. The van der Waals surface area contributed by atoms with E-state index in [1.807, 2.05) is 39.0 Å². The zero-order valence-electron chi connectivity index (χ0n) is 11.7. The number of aromatic nitrogens is 3. The molecule has 0 unspecified atom stereocenters. The first-order valence-electron chi connectivity index (χ1n) is 6.61. The van der Waals surface area contributed by atoms with E-state index in [-0.39, 0.29) is 6.04 Å². The van der Waals surface area contributed by atoms with Crippen LogP contribution in [0.5, 0.6) is 0 Å². The Kier molecular flexibility index (Phi) is 3.14. The third kappa shape index (κ3) is 2.36. The Morgan fingerprint density at radius 2 is 2.10 bits per heavy atom. The average Bonchev–Trinajstić information content (AvgIpc) is 3.03. The van der Waals surface area contributed by atoms with Crippen molar-refractivity contribution < 1.29 is 8.83 Å². The lowest BCUT2D eigenvalue weighted by atomic mass is 10.2. The van der Waals surface area contributed by atoms with Crippen molar-refractivity contribution >= 4 is 16.8 Å². The number of anilines is 1. The highest BCUT2D eigenvalue weighted by Crippen LogP contribution is 2.23. The third-order valence-electron chi connectivity index (χ3n) is 3.03. The molecule has 1 atom stereocenters. The van der Waals surface area contributed by atoms with Crippen molar-refractivity contribution in [2.75, 3.05) is 5.32 Å². The van der Waals surface area contributed by atoms with Crippen molar-refractivity contribution in [3.8, 4) is 0 Å². The fraction of sp³-hybridized carbons (Fsp3) is 0.357. The average molecular weight is 272 g/mol. The summed E-state index contributed by atoms with van der Waals surface area (Å²) >= 11 is 0. The van der Waals surface area contributed by atoms with E-state index in [0.29, 0.717) is 17.7 Å². The van der Waals surface area contributed by atoms with Crippen LogP contribution in [0.1, 0.15) is 37.6 Å². The maximum absolute atomic E-state index is 5.54. The Hall–Kier alpha value is -2.37. The second kappa shape index (κ2) is 4.96. The molecule has 104 valence electrons. The molecule has 6 heteroatoms. The molecule has 2 heterocycles. The number of oxazole rings is 1. The molecule has 0 saturated carbocycles. The lowest BCUT2D eigenvalue weighted by Gasteiger charge is -2.10. The third-order valence-corrected chi connectivity index (χ3v) is 3.03. The van der Waals surface area contributed by atoms with Gasteiger partial charge >= 0.3 is 0 Å². The Balaban J connectivity index is 1.80. The lowest BCUT2D eigenvalue weighted by molar-refractivity contribution is 0.439. The zero-order chi connectivity index (χ0) is 14.1. The van der Waals surface area contributed by atoms with E-state index in [1.54, 1.807) is 0 Å². The molecule has 0 fully saturated rings. The highest BCUT2D eigenvalue weighted by atomic mass is 16.4. The molecule has 0 saturated heterocycles. The molecular formula is C14H16N4O2. The molecule has 0 aliphatic heterocycles. The molecule has 3 rings (SSSR count). The van der Waals surface area contributed by atoms with Gasteiger partial charge in [-0.1, -0.05) is 6.92 Å². The van der Waals surface area contributed by atoms with Gasteiger partial charge in [0.05, 0.1) is 0 Å². The Morgan fingerprint density at radius 3 is 2.85 bits per heavy atom. The molecule has 6 nitrogen and oxygen atoms in total. The van der Waals surface area contributed by atoms with Gasteiger partial charge < -0.3 is 14.2 Å². The highest BCUT2D eigenvalue weighted by Gasteiger charge is 2.13. The fourth-order valence-corrected chi connectivity index (χ4v) is 2.03. The zero-order valence-corrected chi connectivity index (χ0v) is 11.7. The van der Waals surface area contributed by atoms with Gasteiger partial charge in [-0.15, -0.1) is 10.2 Å². The van der Waals surface area contributed by atoms with E-state index in [4.69, 9.17) is 8.83 Å². The maximum atomic E-state index is 5.54. The van der Waals surface area contributed by atoms with Crippen LogP contribution >= 0.6 is 0 Å². The summed E-state index contributed by atoms with van der Waals surface area (Å²) in [4.78, 5) is 4.31. The summed E-state index contributed by atoms with van der Waals surface area (Å²) in [6.07, 6.45) is 0.740. The number of hydrogen-bond donors (Lipinski definition) is 1. The Labute approximate surface area is 116 Å². The van der Waals surface area contributed by atoms with Crippen LogP contribution < -0.4 is 5.32 Å². The molecule has 0 bridgehead atoms. The van der Waals surface area contributed by atoms with Crippen LogP contribution in [-0.2, 0) is 6.42 Å². The molecule has 2 aromatic heterocycles. The van der Waals surface area contributed by atoms with Crippen molar-refractivity contribution in [3.05, 3.63) is 35.9 Å². The number of benzene rings is 1. The normalized spacial score (nSPS) is 12.8. The van der Waals surface area contributed by atoms with Crippen LogP contribution in [0, 0.1) is 6.92 Å². The van der Waals surface area contributed by atoms with Crippen molar-refractivity contribution in [1.29, 1.82) is 0 Å². The summed E-state index contributed by atoms with van der Waals surface area (Å²) < 4.78 is 11.0. The fourth-order valence-electron chi connectivity index (χ4n) is 2.03. The molecule has 0 spiro atoms. The number of hydrogen-bond acceptors (Lipinski definition) is 6. The van der Waals surface area contributed by atoms with Gasteiger partial charge in [0, 0.05) is 19.0 Å². The van der Waals surface area contributed by atoms with Crippen LogP contribution in [0.25, 0.3) is 11.1 Å². The van der Waals surface area contributed by atoms with Gasteiger partial charge in [0.15, 0.2) is 11.5 Å². The summed E-state index contributed by atoms with van der Waals surface area (Å²) in [5, 5.41) is 11.3. The standard InChI is InChI=1S/C14H16N4O2/c1-4-13-17-18-14(20-13)8(2)15-10-5-6-12-11(7-10)16-9(3)19-12/h5-8,15H,4H2,1-3H3/t8-/m0/s1. The molecule has 1 aromatic carbocycles. The van der Waals surface area contributed by atoms with Crippen LogP contribution in [0.2, 0.25) is 0 Å². The summed E-state index contributed by atoms with van der Waals surface area (Å²) in [5.41, 5.74) is 2.56. The van der Waals surface area contributed by atoms with E-state index in [0.717, 1.165) is 23.2 Å². The minimum atomic E-state index is -0.0618. The van der Waals surface area contributed by atoms with Gasteiger partial charge in [-0.2, -0.15) is 0 Å². The smallest absolute Gasteiger partial charge is 0.238 e.